The lowest BCUT2D eigenvalue weighted by atomic mass is 9.76. The van der Waals surface area contributed by atoms with Crippen LogP contribution >= 0.6 is 0 Å². The minimum absolute atomic E-state index is 0.00337. The molecule has 4 heteroatoms. The Labute approximate surface area is 209 Å². The van der Waals surface area contributed by atoms with Crippen LogP contribution in [0.1, 0.15) is 81.8 Å². The number of rotatable bonds is 6. The van der Waals surface area contributed by atoms with E-state index in [1.165, 1.54) is 57.2 Å². The van der Waals surface area contributed by atoms with Gasteiger partial charge in [0.15, 0.2) is 11.6 Å². The zero-order chi connectivity index (χ0) is 23.9. The van der Waals surface area contributed by atoms with Gasteiger partial charge < -0.3 is 0 Å². The predicted molar refractivity (Wildman–Crippen MR) is 139 cm³/mol. The lowest BCUT2D eigenvalue weighted by Gasteiger charge is -2.28. The molecule has 2 saturated carbocycles. The first kappa shape index (κ1) is 22.9. The highest BCUT2D eigenvalue weighted by molar-refractivity contribution is 6.28. The highest BCUT2D eigenvalue weighted by Crippen LogP contribution is 2.50. The van der Waals surface area contributed by atoms with Crippen molar-refractivity contribution >= 4 is 11.6 Å². The van der Waals surface area contributed by atoms with Gasteiger partial charge in [-0.25, -0.2) is 0 Å². The van der Waals surface area contributed by atoms with Gasteiger partial charge in [-0.15, -0.1) is 6.58 Å². The third-order valence-electron chi connectivity index (χ3n) is 9.17. The molecule has 4 atom stereocenters. The van der Waals surface area contributed by atoms with Gasteiger partial charge in [-0.05, 0) is 67.4 Å². The van der Waals surface area contributed by atoms with Crippen LogP contribution in [0.3, 0.4) is 0 Å². The fourth-order valence-corrected chi connectivity index (χ4v) is 7.54. The number of hydrogen-bond acceptors (Lipinski definition) is 4. The predicted octanol–water partition coefficient (Wildman–Crippen LogP) is 5.52. The number of carbonyl (C=O) groups is 2. The summed E-state index contributed by atoms with van der Waals surface area (Å²) in [7, 11) is 0. The molecule has 0 spiro atoms. The summed E-state index contributed by atoms with van der Waals surface area (Å²) in [5.74, 6) is 2.80. The van der Waals surface area contributed by atoms with E-state index in [1.807, 2.05) is 24.3 Å². The molecular formula is C31H36N2O2. The van der Waals surface area contributed by atoms with Crippen LogP contribution in [0.2, 0.25) is 0 Å². The van der Waals surface area contributed by atoms with Gasteiger partial charge in [0.25, 0.3) is 0 Å². The maximum Gasteiger partial charge on any atom is 0.194 e. The SMILES string of the molecule is C=CCN1CCN(C[C@H]2CCC(C3CCC[C@@H]3c3ccc4c(c3)C(=O)c3ccccc3C4=O)C2)C1. The van der Waals surface area contributed by atoms with Crippen LogP contribution in [0.4, 0.5) is 0 Å². The van der Waals surface area contributed by atoms with E-state index in [4.69, 9.17) is 0 Å². The van der Waals surface area contributed by atoms with Crippen molar-refractivity contribution in [3.63, 3.8) is 0 Å². The summed E-state index contributed by atoms with van der Waals surface area (Å²) in [6.07, 6.45) is 9.81. The Morgan fingerprint density at radius 1 is 0.857 bits per heavy atom. The van der Waals surface area contributed by atoms with Crippen molar-refractivity contribution in [2.75, 3.05) is 32.8 Å². The largest absolute Gasteiger partial charge is 0.289 e. The third-order valence-corrected chi connectivity index (χ3v) is 9.17. The molecule has 6 rings (SSSR count). The highest BCUT2D eigenvalue weighted by atomic mass is 16.1. The summed E-state index contributed by atoms with van der Waals surface area (Å²) in [5, 5.41) is 0. The van der Waals surface area contributed by atoms with Crippen molar-refractivity contribution in [3.05, 3.63) is 82.9 Å². The average Bonchev–Trinajstić information content (AvgIpc) is 3.64. The van der Waals surface area contributed by atoms with Gasteiger partial charge in [0, 0.05) is 48.4 Å². The molecule has 0 N–H and O–H groups in total. The summed E-state index contributed by atoms with van der Waals surface area (Å²) in [6, 6.07) is 13.4. The van der Waals surface area contributed by atoms with Crippen molar-refractivity contribution < 1.29 is 9.59 Å². The molecule has 4 aliphatic rings. The molecule has 2 aromatic carbocycles. The molecule has 0 radical (unpaired) electrons. The number of carbonyl (C=O) groups excluding carboxylic acids is 2. The van der Waals surface area contributed by atoms with E-state index in [0.29, 0.717) is 34.1 Å². The van der Waals surface area contributed by atoms with E-state index in [9.17, 15) is 9.59 Å². The number of ketones is 2. The van der Waals surface area contributed by atoms with Gasteiger partial charge in [0.1, 0.15) is 0 Å². The van der Waals surface area contributed by atoms with Crippen molar-refractivity contribution in [2.45, 2.75) is 44.4 Å². The molecule has 0 bridgehead atoms. The van der Waals surface area contributed by atoms with Gasteiger partial charge >= 0.3 is 0 Å². The van der Waals surface area contributed by atoms with Crippen LogP contribution in [0, 0.1) is 17.8 Å². The van der Waals surface area contributed by atoms with Gasteiger partial charge in [-0.1, -0.05) is 48.9 Å². The minimum Gasteiger partial charge on any atom is -0.289 e. The normalized spacial score (nSPS) is 28.9. The fourth-order valence-electron chi connectivity index (χ4n) is 7.54. The molecule has 2 aromatic rings. The van der Waals surface area contributed by atoms with Gasteiger partial charge in [0.05, 0.1) is 6.67 Å². The number of fused-ring (bicyclic) bond motifs is 2. The summed E-state index contributed by atoms with van der Waals surface area (Å²) < 4.78 is 0. The zero-order valence-electron chi connectivity index (χ0n) is 20.6. The minimum atomic E-state index is -0.0167. The number of hydrogen-bond donors (Lipinski definition) is 0. The van der Waals surface area contributed by atoms with E-state index in [2.05, 4.69) is 28.5 Å². The second kappa shape index (κ2) is 9.48. The van der Waals surface area contributed by atoms with Crippen LogP contribution in [0.5, 0.6) is 0 Å². The topological polar surface area (TPSA) is 40.6 Å². The van der Waals surface area contributed by atoms with Crippen LogP contribution in [0.25, 0.3) is 0 Å². The standard InChI is InChI=1S/C31H36N2O2/c1-2-14-32-15-16-33(20-32)19-21-10-11-22(17-21)24-8-5-9-25(24)23-12-13-28-29(18-23)31(35)27-7-4-3-6-26(27)30(28)34/h2-4,6-7,12-13,18,21-22,24-25H,1,5,8-11,14-17,19-20H2/t21-,22?,24?,25+/m0/s1. The van der Waals surface area contributed by atoms with Gasteiger partial charge in [0.2, 0.25) is 0 Å². The first-order chi connectivity index (χ1) is 17.1. The van der Waals surface area contributed by atoms with Gasteiger partial charge in [-0.3, -0.25) is 19.4 Å². The Bertz CT molecular complexity index is 1150. The first-order valence-corrected chi connectivity index (χ1v) is 13.5. The zero-order valence-corrected chi connectivity index (χ0v) is 20.6. The second-order valence-electron chi connectivity index (χ2n) is 11.2. The van der Waals surface area contributed by atoms with Crippen molar-refractivity contribution in [2.24, 2.45) is 17.8 Å². The molecule has 1 aliphatic heterocycles. The average molecular weight is 469 g/mol. The molecular weight excluding hydrogens is 432 g/mol. The Morgan fingerprint density at radius 3 is 2.40 bits per heavy atom. The Hall–Kier alpha value is -2.56. The molecule has 3 aliphatic carbocycles. The lowest BCUT2D eigenvalue weighted by molar-refractivity contribution is 0.0979. The van der Waals surface area contributed by atoms with Crippen molar-refractivity contribution in [1.29, 1.82) is 0 Å². The number of nitrogens with zero attached hydrogens (tertiary/aromatic N) is 2. The summed E-state index contributed by atoms with van der Waals surface area (Å²) in [6.45, 7) is 9.55. The Balaban J connectivity index is 1.16. The quantitative estimate of drug-likeness (QED) is 0.447. The molecule has 4 nitrogen and oxygen atoms in total. The van der Waals surface area contributed by atoms with E-state index in [1.54, 1.807) is 12.1 Å². The smallest absolute Gasteiger partial charge is 0.194 e. The molecule has 3 fully saturated rings. The fraction of sp³-hybridized carbons (Fsp3) is 0.484. The second-order valence-corrected chi connectivity index (χ2v) is 11.2. The Kier molecular flexibility index (Phi) is 6.19. The third kappa shape index (κ3) is 4.21. The highest BCUT2D eigenvalue weighted by Gasteiger charge is 2.40. The molecule has 1 saturated heterocycles. The Morgan fingerprint density at radius 2 is 1.60 bits per heavy atom. The van der Waals surface area contributed by atoms with E-state index < -0.39 is 0 Å². The summed E-state index contributed by atoms with van der Waals surface area (Å²) in [4.78, 5) is 31.4. The van der Waals surface area contributed by atoms with E-state index in [-0.39, 0.29) is 11.6 Å². The van der Waals surface area contributed by atoms with Crippen LogP contribution in [-0.2, 0) is 0 Å². The molecule has 0 aromatic heterocycles. The molecule has 2 unspecified atom stereocenters. The van der Waals surface area contributed by atoms with E-state index >= 15 is 0 Å². The van der Waals surface area contributed by atoms with Gasteiger partial charge in [-0.2, -0.15) is 0 Å². The first-order valence-electron chi connectivity index (χ1n) is 13.5. The van der Waals surface area contributed by atoms with Crippen molar-refractivity contribution in [1.82, 2.24) is 9.80 Å². The summed E-state index contributed by atoms with van der Waals surface area (Å²) in [5.41, 5.74) is 3.55. The maximum atomic E-state index is 13.3. The lowest BCUT2D eigenvalue weighted by Crippen LogP contribution is -2.29. The molecule has 1 heterocycles. The van der Waals surface area contributed by atoms with Crippen LogP contribution in [-0.4, -0.2) is 54.2 Å². The van der Waals surface area contributed by atoms with E-state index in [0.717, 1.165) is 31.6 Å². The molecule has 35 heavy (non-hydrogen) atoms. The van der Waals surface area contributed by atoms with Crippen LogP contribution < -0.4 is 0 Å². The summed E-state index contributed by atoms with van der Waals surface area (Å²) >= 11 is 0. The maximum absolute atomic E-state index is 13.3. The number of benzene rings is 2. The van der Waals surface area contributed by atoms with Crippen molar-refractivity contribution in [3.8, 4) is 0 Å². The monoisotopic (exact) mass is 468 g/mol. The molecule has 0 amide bonds. The van der Waals surface area contributed by atoms with Crippen LogP contribution in [0.15, 0.2) is 55.1 Å². The molecule has 182 valence electrons.